The topological polar surface area (TPSA) is 51.8 Å². The fourth-order valence-corrected chi connectivity index (χ4v) is 1.84. The molecule has 0 aliphatic heterocycles. The Bertz CT molecular complexity index is 451. The van der Waals surface area contributed by atoms with E-state index in [1.807, 2.05) is 0 Å². The molecule has 0 fully saturated rings. The lowest BCUT2D eigenvalue weighted by Crippen LogP contribution is -2.12. The van der Waals surface area contributed by atoms with Crippen LogP contribution in [0, 0.1) is 0 Å². The smallest absolute Gasteiger partial charge is 0.115 e. The molecule has 0 aliphatic carbocycles. The molecular formula is C14H17N3. The second-order valence-corrected chi connectivity index (χ2v) is 4.14. The van der Waals surface area contributed by atoms with E-state index in [2.05, 4.69) is 41.2 Å². The molecule has 1 atom stereocenters. The molecule has 17 heavy (non-hydrogen) atoms. The zero-order valence-electron chi connectivity index (χ0n) is 10.0. The van der Waals surface area contributed by atoms with Crippen molar-refractivity contribution in [1.82, 2.24) is 9.97 Å². The predicted octanol–water partition coefficient (Wildman–Crippen LogP) is 2.48. The summed E-state index contributed by atoms with van der Waals surface area (Å²) in [4.78, 5) is 7.97. The highest BCUT2D eigenvalue weighted by molar-refractivity contribution is 5.30. The van der Waals surface area contributed by atoms with Crippen LogP contribution in [0.5, 0.6) is 0 Å². The van der Waals surface area contributed by atoms with Gasteiger partial charge in [0.15, 0.2) is 0 Å². The van der Waals surface area contributed by atoms with Crippen LogP contribution in [0.25, 0.3) is 0 Å². The maximum Gasteiger partial charge on any atom is 0.115 e. The average molecular weight is 227 g/mol. The molecular weight excluding hydrogens is 210 g/mol. The van der Waals surface area contributed by atoms with E-state index in [1.165, 1.54) is 11.9 Å². The van der Waals surface area contributed by atoms with Crippen LogP contribution in [0.2, 0.25) is 0 Å². The molecule has 0 spiro atoms. The van der Waals surface area contributed by atoms with Gasteiger partial charge in [-0.15, -0.1) is 0 Å². The van der Waals surface area contributed by atoms with Crippen LogP contribution in [-0.4, -0.2) is 9.97 Å². The van der Waals surface area contributed by atoms with Gasteiger partial charge in [0.2, 0.25) is 0 Å². The van der Waals surface area contributed by atoms with Gasteiger partial charge in [-0.05, 0) is 17.5 Å². The number of benzene rings is 1. The largest absolute Gasteiger partial charge is 0.320 e. The Kier molecular flexibility index (Phi) is 3.83. The number of aryl methyl sites for hydroxylation is 1. The van der Waals surface area contributed by atoms with E-state index in [0.29, 0.717) is 0 Å². The third-order valence-corrected chi connectivity index (χ3v) is 2.82. The maximum atomic E-state index is 6.16. The van der Waals surface area contributed by atoms with Crippen molar-refractivity contribution in [2.45, 2.75) is 25.8 Å². The molecule has 2 N–H and O–H groups in total. The molecule has 0 amide bonds. The molecule has 1 heterocycles. The summed E-state index contributed by atoms with van der Waals surface area (Å²) in [7, 11) is 0. The molecule has 0 saturated carbocycles. The molecule has 0 saturated heterocycles. The minimum atomic E-state index is -0.146. The minimum absolute atomic E-state index is 0.146. The van der Waals surface area contributed by atoms with Crippen LogP contribution >= 0.6 is 0 Å². The molecule has 0 radical (unpaired) electrons. The monoisotopic (exact) mass is 227 g/mol. The van der Waals surface area contributed by atoms with Gasteiger partial charge in [0.05, 0.1) is 6.04 Å². The van der Waals surface area contributed by atoms with Crippen molar-refractivity contribution in [2.75, 3.05) is 0 Å². The Morgan fingerprint density at radius 2 is 1.71 bits per heavy atom. The Morgan fingerprint density at radius 3 is 2.29 bits per heavy atom. The number of hydrogen-bond acceptors (Lipinski definition) is 3. The van der Waals surface area contributed by atoms with Gasteiger partial charge in [0.1, 0.15) is 6.33 Å². The Hall–Kier alpha value is -1.74. The van der Waals surface area contributed by atoms with E-state index in [4.69, 9.17) is 5.73 Å². The summed E-state index contributed by atoms with van der Waals surface area (Å²) < 4.78 is 0. The second-order valence-electron chi connectivity index (χ2n) is 4.14. The van der Waals surface area contributed by atoms with Gasteiger partial charge < -0.3 is 5.73 Å². The molecule has 0 bridgehead atoms. The number of hydrogen-bond donors (Lipinski definition) is 1. The van der Waals surface area contributed by atoms with Crippen molar-refractivity contribution in [2.24, 2.45) is 5.73 Å². The lowest BCUT2D eigenvalue weighted by atomic mass is 10.00. The van der Waals surface area contributed by atoms with E-state index < -0.39 is 0 Å². The molecule has 2 aromatic rings. The van der Waals surface area contributed by atoms with Crippen molar-refractivity contribution in [3.8, 4) is 0 Å². The van der Waals surface area contributed by atoms with Crippen molar-refractivity contribution in [1.29, 1.82) is 0 Å². The van der Waals surface area contributed by atoms with E-state index in [-0.39, 0.29) is 6.04 Å². The third kappa shape index (κ3) is 2.88. The van der Waals surface area contributed by atoms with Crippen molar-refractivity contribution < 1.29 is 0 Å². The maximum absolute atomic E-state index is 6.16. The summed E-state index contributed by atoms with van der Waals surface area (Å²) in [5.74, 6) is 0. The summed E-state index contributed by atoms with van der Waals surface area (Å²) in [6.45, 7) is 2.18. The van der Waals surface area contributed by atoms with Crippen LogP contribution < -0.4 is 5.73 Å². The van der Waals surface area contributed by atoms with Crippen LogP contribution in [-0.2, 0) is 6.42 Å². The van der Waals surface area contributed by atoms with Crippen LogP contribution in [0.15, 0.2) is 43.0 Å². The van der Waals surface area contributed by atoms with Crippen molar-refractivity contribution in [3.05, 3.63) is 59.7 Å². The van der Waals surface area contributed by atoms with Crippen molar-refractivity contribution in [3.63, 3.8) is 0 Å². The van der Waals surface area contributed by atoms with Gasteiger partial charge >= 0.3 is 0 Å². The number of nitrogens with two attached hydrogens (primary N) is 1. The van der Waals surface area contributed by atoms with E-state index >= 15 is 0 Å². The molecule has 0 aliphatic rings. The van der Waals surface area contributed by atoms with Gasteiger partial charge in [-0.2, -0.15) is 0 Å². The van der Waals surface area contributed by atoms with Gasteiger partial charge in [-0.25, -0.2) is 9.97 Å². The normalized spacial score (nSPS) is 12.4. The Balaban J connectivity index is 2.17. The second kappa shape index (κ2) is 5.55. The lowest BCUT2D eigenvalue weighted by molar-refractivity contribution is 0.846. The highest BCUT2D eigenvalue weighted by Gasteiger charge is 2.08. The first-order valence-electron chi connectivity index (χ1n) is 5.90. The first-order valence-corrected chi connectivity index (χ1v) is 5.90. The quantitative estimate of drug-likeness (QED) is 0.873. The summed E-state index contributed by atoms with van der Waals surface area (Å²) in [6.07, 6.45) is 7.32. The average Bonchev–Trinajstić information content (AvgIpc) is 2.40. The third-order valence-electron chi connectivity index (χ3n) is 2.82. The fourth-order valence-electron chi connectivity index (χ4n) is 1.84. The summed E-state index contributed by atoms with van der Waals surface area (Å²) in [6, 6.07) is 8.31. The molecule has 3 nitrogen and oxygen atoms in total. The first-order chi connectivity index (χ1) is 8.31. The molecule has 88 valence electrons. The Morgan fingerprint density at radius 1 is 1.06 bits per heavy atom. The summed E-state index contributed by atoms with van der Waals surface area (Å²) >= 11 is 0. The fraction of sp³-hybridized carbons (Fsp3) is 0.286. The zero-order chi connectivity index (χ0) is 12.1. The van der Waals surface area contributed by atoms with Crippen molar-refractivity contribution >= 4 is 0 Å². The number of rotatable bonds is 4. The predicted molar refractivity (Wildman–Crippen MR) is 68.5 cm³/mol. The van der Waals surface area contributed by atoms with Gasteiger partial charge in [0, 0.05) is 18.0 Å². The number of aromatic nitrogens is 2. The SMILES string of the molecule is CCCc1ccc(C(N)c2cncnc2)cc1. The van der Waals surface area contributed by atoms with Crippen LogP contribution in [0.4, 0.5) is 0 Å². The standard InChI is InChI=1S/C14H17N3/c1-2-3-11-4-6-12(7-5-11)14(15)13-8-16-10-17-9-13/h4-10,14H,2-3,15H2,1H3. The zero-order valence-corrected chi connectivity index (χ0v) is 10.0. The molecule has 1 aromatic heterocycles. The minimum Gasteiger partial charge on any atom is -0.320 e. The Labute approximate surface area is 102 Å². The molecule has 3 heteroatoms. The van der Waals surface area contributed by atoms with E-state index in [1.54, 1.807) is 12.4 Å². The molecule has 2 rings (SSSR count). The lowest BCUT2D eigenvalue weighted by Gasteiger charge is -2.12. The first kappa shape index (κ1) is 11.7. The van der Waals surface area contributed by atoms with Gasteiger partial charge in [-0.3, -0.25) is 0 Å². The highest BCUT2D eigenvalue weighted by atomic mass is 14.8. The van der Waals surface area contributed by atoms with Gasteiger partial charge in [-0.1, -0.05) is 37.6 Å². The van der Waals surface area contributed by atoms with E-state index in [9.17, 15) is 0 Å². The summed E-state index contributed by atoms with van der Waals surface area (Å²) in [5.41, 5.74) is 9.55. The van der Waals surface area contributed by atoms with Crippen LogP contribution in [0.3, 0.4) is 0 Å². The van der Waals surface area contributed by atoms with Gasteiger partial charge in [0.25, 0.3) is 0 Å². The van der Waals surface area contributed by atoms with E-state index in [0.717, 1.165) is 24.0 Å². The molecule has 1 unspecified atom stereocenters. The number of nitrogens with zero attached hydrogens (tertiary/aromatic N) is 2. The highest BCUT2D eigenvalue weighted by Crippen LogP contribution is 2.18. The van der Waals surface area contributed by atoms with Crippen LogP contribution in [0.1, 0.15) is 36.1 Å². The molecule has 1 aromatic carbocycles. The summed E-state index contributed by atoms with van der Waals surface area (Å²) in [5, 5.41) is 0.